The quantitative estimate of drug-likeness (QED) is 0.460. The van der Waals surface area contributed by atoms with E-state index < -0.39 is 0 Å². The van der Waals surface area contributed by atoms with Gasteiger partial charge in [-0.25, -0.2) is 0 Å². The summed E-state index contributed by atoms with van der Waals surface area (Å²) >= 11 is 0. The monoisotopic (exact) mass is 110 g/mol. The van der Waals surface area contributed by atoms with Crippen LogP contribution in [0, 0.1) is 0 Å². The average Bonchev–Trinajstić information content (AvgIpc) is 1.98. The summed E-state index contributed by atoms with van der Waals surface area (Å²) in [4.78, 5) is 0. The van der Waals surface area contributed by atoms with Crippen molar-refractivity contribution in [1.82, 2.24) is 5.32 Å². The lowest BCUT2D eigenvalue weighted by molar-refractivity contribution is 0.799. The lowest BCUT2D eigenvalue weighted by Crippen LogP contribution is -2.23. The molecule has 0 saturated carbocycles. The van der Waals surface area contributed by atoms with Crippen molar-refractivity contribution >= 4 is 0 Å². The molecular formula is C6H10N2. The second-order valence-corrected chi connectivity index (χ2v) is 1.99. The van der Waals surface area contributed by atoms with Gasteiger partial charge in [0.25, 0.3) is 0 Å². The molecule has 1 aliphatic heterocycles. The molecule has 1 unspecified atom stereocenters. The summed E-state index contributed by atoms with van der Waals surface area (Å²) in [6.45, 7) is 8.21. The minimum Gasteiger partial charge on any atom is -0.383 e. The Kier molecular flexibility index (Phi) is 1.10. The van der Waals surface area contributed by atoms with E-state index >= 15 is 0 Å². The maximum absolute atomic E-state index is 5.55. The molecule has 1 fully saturated rings. The Labute approximate surface area is 49.1 Å². The molecule has 1 saturated heterocycles. The van der Waals surface area contributed by atoms with Crippen LogP contribution in [0.1, 0.15) is 0 Å². The van der Waals surface area contributed by atoms with E-state index in [2.05, 4.69) is 18.5 Å². The summed E-state index contributed by atoms with van der Waals surface area (Å²) in [6.07, 6.45) is 0. The van der Waals surface area contributed by atoms with Crippen LogP contribution in [0.4, 0.5) is 0 Å². The molecule has 1 atom stereocenters. The van der Waals surface area contributed by atoms with E-state index in [0.29, 0.717) is 0 Å². The van der Waals surface area contributed by atoms with Gasteiger partial charge in [0.1, 0.15) is 0 Å². The molecular weight excluding hydrogens is 100 g/mol. The molecule has 0 aromatic carbocycles. The van der Waals surface area contributed by atoms with Gasteiger partial charge in [-0.05, 0) is 5.57 Å². The number of nitrogens with two attached hydrogens (primary N) is 1. The first kappa shape index (κ1) is 5.38. The molecule has 0 aromatic rings. The van der Waals surface area contributed by atoms with Crippen molar-refractivity contribution in [3.63, 3.8) is 0 Å². The summed E-state index contributed by atoms with van der Waals surface area (Å²) in [6, 6.07) is 0.0856. The van der Waals surface area contributed by atoms with Crippen molar-refractivity contribution in [3.05, 3.63) is 24.4 Å². The molecule has 0 aromatic heterocycles. The summed E-state index contributed by atoms with van der Waals surface area (Å²) in [5.74, 6) is 0. The first-order chi connectivity index (χ1) is 3.72. The zero-order chi connectivity index (χ0) is 6.15. The standard InChI is InChI=1S/C6H10N2/c1-4-5(2)8-3-6(4)7/h6,8H,1-3,7H2. The van der Waals surface area contributed by atoms with Gasteiger partial charge < -0.3 is 11.1 Å². The minimum absolute atomic E-state index is 0.0856. The third kappa shape index (κ3) is 0.629. The van der Waals surface area contributed by atoms with Gasteiger partial charge in [0.05, 0.1) is 0 Å². The lowest BCUT2D eigenvalue weighted by Gasteiger charge is -1.96. The van der Waals surface area contributed by atoms with Crippen molar-refractivity contribution < 1.29 is 0 Å². The highest BCUT2D eigenvalue weighted by Gasteiger charge is 2.16. The molecule has 44 valence electrons. The van der Waals surface area contributed by atoms with E-state index in [-0.39, 0.29) is 6.04 Å². The zero-order valence-corrected chi connectivity index (χ0v) is 4.78. The van der Waals surface area contributed by atoms with E-state index in [0.717, 1.165) is 17.8 Å². The highest BCUT2D eigenvalue weighted by Crippen LogP contribution is 2.11. The van der Waals surface area contributed by atoms with Gasteiger partial charge in [-0.2, -0.15) is 0 Å². The maximum Gasteiger partial charge on any atom is 0.0485 e. The van der Waals surface area contributed by atoms with Crippen LogP contribution in [0.3, 0.4) is 0 Å². The van der Waals surface area contributed by atoms with E-state index in [1.54, 1.807) is 0 Å². The Hall–Kier alpha value is -0.760. The van der Waals surface area contributed by atoms with Gasteiger partial charge in [-0.3, -0.25) is 0 Å². The first-order valence-corrected chi connectivity index (χ1v) is 2.59. The van der Waals surface area contributed by atoms with E-state index in [9.17, 15) is 0 Å². The van der Waals surface area contributed by atoms with Crippen LogP contribution < -0.4 is 11.1 Å². The van der Waals surface area contributed by atoms with Crippen molar-refractivity contribution in [2.24, 2.45) is 5.73 Å². The molecule has 0 amide bonds. The first-order valence-electron chi connectivity index (χ1n) is 2.59. The van der Waals surface area contributed by atoms with Gasteiger partial charge in [-0.15, -0.1) is 0 Å². The highest BCUT2D eigenvalue weighted by molar-refractivity contribution is 5.33. The van der Waals surface area contributed by atoms with Gasteiger partial charge in [0.15, 0.2) is 0 Å². The third-order valence-electron chi connectivity index (χ3n) is 1.37. The fraction of sp³-hybridized carbons (Fsp3) is 0.333. The lowest BCUT2D eigenvalue weighted by atomic mass is 10.2. The molecule has 2 heteroatoms. The van der Waals surface area contributed by atoms with E-state index in [1.807, 2.05) is 0 Å². The molecule has 2 nitrogen and oxygen atoms in total. The molecule has 0 aliphatic carbocycles. The largest absolute Gasteiger partial charge is 0.383 e. The topological polar surface area (TPSA) is 38.0 Å². The average molecular weight is 110 g/mol. The predicted octanol–water partition coefficient (Wildman–Crippen LogP) is -0.0132. The predicted molar refractivity (Wildman–Crippen MR) is 34.3 cm³/mol. The normalized spacial score (nSPS) is 28.4. The molecule has 0 spiro atoms. The van der Waals surface area contributed by atoms with Crippen LogP contribution in [0.15, 0.2) is 24.4 Å². The minimum atomic E-state index is 0.0856. The van der Waals surface area contributed by atoms with Crippen molar-refractivity contribution in [2.45, 2.75) is 6.04 Å². The Morgan fingerprint density at radius 1 is 1.62 bits per heavy atom. The van der Waals surface area contributed by atoms with Crippen molar-refractivity contribution in [2.75, 3.05) is 6.54 Å². The second-order valence-electron chi connectivity index (χ2n) is 1.99. The summed E-state index contributed by atoms with van der Waals surface area (Å²) in [5, 5.41) is 3.00. The van der Waals surface area contributed by atoms with Gasteiger partial charge >= 0.3 is 0 Å². The second kappa shape index (κ2) is 1.63. The van der Waals surface area contributed by atoms with Gasteiger partial charge in [0.2, 0.25) is 0 Å². The van der Waals surface area contributed by atoms with Crippen LogP contribution in [0.25, 0.3) is 0 Å². The van der Waals surface area contributed by atoms with Crippen LogP contribution in [0.2, 0.25) is 0 Å². The van der Waals surface area contributed by atoms with E-state index in [4.69, 9.17) is 5.73 Å². The summed E-state index contributed by atoms with van der Waals surface area (Å²) in [7, 11) is 0. The van der Waals surface area contributed by atoms with Crippen molar-refractivity contribution in [1.29, 1.82) is 0 Å². The number of hydrogen-bond acceptors (Lipinski definition) is 2. The molecule has 8 heavy (non-hydrogen) atoms. The Bertz CT molecular complexity index is 137. The Balaban J connectivity index is 2.71. The smallest absolute Gasteiger partial charge is 0.0485 e. The molecule has 1 aliphatic rings. The molecule has 1 rings (SSSR count). The van der Waals surface area contributed by atoms with Crippen LogP contribution in [0.5, 0.6) is 0 Å². The van der Waals surface area contributed by atoms with E-state index in [1.165, 1.54) is 0 Å². The summed E-state index contributed by atoms with van der Waals surface area (Å²) in [5.41, 5.74) is 7.37. The van der Waals surface area contributed by atoms with Crippen molar-refractivity contribution in [3.8, 4) is 0 Å². The Morgan fingerprint density at radius 2 is 2.25 bits per heavy atom. The van der Waals surface area contributed by atoms with Crippen LogP contribution >= 0.6 is 0 Å². The fourth-order valence-electron chi connectivity index (χ4n) is 0.694. The third-order valence-corrected chi connectivity index (χ3v) is 1.37. The molecule has 1 heterocycles. The SMILES string of the molecule is C=C1NCC(N)C1=C. The van der Waals surface area contributed by atoms with Crippen LogP contribution in [-0.2, 0) is 0 Å². The number of rotatable bonds is 0. The van der Waals surface area contributed by atoms with Gasteiger partial charge in [0, 0.05) is 18.3 Å². The van der Waals surface area contributed by atoms with Crippen LogP contribution in [-0.4, -0.2) is 12.6 Å². The highest BCUT2D eigenvalue weighted by atomic mass is 15.0. The van der Waals surface area contributed by atoms with Gasteiger partial charge in [-0.1, -0.05) is 13.2 Å². The maximum atomic E-state index is 5.55. The Morgan fingerprint density at radius 3 is 2.38 bits per heavy atom. The number of hydrogen-bond donors (Lipinski definition) is 2. The number of nitrogens with one attached hydrogen (secondary N) is 1. The molecule has 0 bridgehead atoms. The molecule has 3 N–H and O–H groups in total. The molecule has 0 radical (unpaired) electrons. The summed E-state index contributed by atoms with van der Waals surface area (Å²) < 4.78 is 0. The zero-order valence-electron chi connectivity index (χ0n) is 4.78. The fourth-order valence-corrected chi connectivity index (χ4v) is 0.694.